The molecule has 15 nitrogen and oxygen atoms in total. The van der Waals surface area contributed by atoms with Crippen molar-refractivity contribution in [2.75, 3.05) is 26.2 Å². The van der Waals surface area contributed by atoms with Gasteiger partial charge in [0.15, 0.2) is 0 Å². The van der Waals surface area contributed by atoms with Gasteiger partial charge >= 0.3 is 0 Å². The number of aliphatic carboxylic acids is 5. The van der Waals surface area contributed by atoms with Gasteiger partial charge in [0.1, 0.15) is 0 Å². The maximum atomic E-state index is 9.00. The predicted molar refractivity (Wildman–Crippen MR) is 104 cm³/mol. The third-order valence-electron chi connectivity index (χ3n) is 0.642. The largest absolute Gasteiger partial charge is 0.550 e. The van der Waals surface area contributed by atoms with Crippen LogP contribution in [0.15, 0.2) is 0 Å². The van der Waals surface area contributed by atoms with E-state index in [1.165, 1.54) is 0 Å². The molecule has 0 aliphatic heterocycles. The lowest BCUT2D eigenvalue weighted by molar-refractivity contribution is -0.303. The van der Waals surface area contributed by atoms with Crippen LogP contribution in [0.5, 0.6) is 0 Å². The number of carboxylic acid groups (broad SMARTS) is 5. The maximum absolute atomic E-state index is 9.00. The molecule has 0 saturated heterocycles. The summed E-state index contributed by atoms with van der Waals surface area (Å²) in [6, 6.07) is 0. The second kappa shape index (κ2) is 49.9. The molecule has 0 unspecified atom stereocenters. The third kappa shape index (κ3) is 10200. The molecule has 29 heavy (non-hydrogen) atoms. The minimum Gasteiger partial charge on any atom is -0.550 e. The van der Waals surface area contributed by atoms with Crippen molar-refractivity contribution >= 4 is 29.8 Å². The third-order valence-corrected chi connectivity index (χ3v) is 0.642. The maximum Gasteiger partial charge on any atom is 0.300 e. The van der Waals surface area contributed by atoms with Crippen molar-refractivity contribution in [1.82, 2.24) is 17.6 Å². The van der Waals surface area contributed by atoms with Crippen LogP contribution in [0, 0.1) is 0 Å². The van der Waals surface area contributed by atoms with Crippen LogP contribution in [0.1, 0.15) is 34.6 Å². The molecule has 15 heteroatoms. The van der Waals surface area contributed by atoms with Crippen LogP contribution in [-0.2, 0) is 24.0 Å². The number of carboxylic acids is 5. The van der Waals surface area contributed by atoms with E-state index in [9.17, 15) is 0 Å². The number of rotatable bonds is 4. The molecule has 0 aromatic carbocycles. The van der Waals surface area contributed by atoms with E-state index in [4.69, 9.17) is 61.0 Å². The zero-order valence-corrected chi connectivity index (χ0v) is 18.2. The summed E-state index contributed by atoms with van der Waals surface area (Å²) in [6.07, 6.45) is 0. The van der Waals surface area contributed by atoms with Crippen molar-refractivity contribution in [3.8, 4) is 0 Å². The highest BCUT2D eigenvalue weighted by molar-refractivity contribution is 5.63. The Morgan fingerprint density at radius 1 is 0.655 bits per heavy atom. The van der Waals surface area contributed by atoms with E-state index in [1.807, 2.05) is 0 Å². The Labute approximate surface area is 170 Å². The molecular formula is C14H39N5O10. The van der Waals surface area contributed by atoms with E-state index < -0.39 is 29.8 Å². The highest BCUT2D eigenvalue weighted by Gasteiger charge is 1.76. The number of nitrogens with two attached hydrogens (primary N) is 2. The van der Waals surface area contributed by atoms with E-state index >= 15 is 0 Å². The first kappa shape index (κ1) is 50.2. The van der Waals surface area contributed by atoms with Crippen LogP contribution in [0.4, 0.5) is 0 Å². The zero-order chi connectivity index (χ0) is 23.4. The smallest absolute Gasteiger partial charge is 0.300 e. The quantitative estimate of drug-likeness (QED) is 0.204. The van der Waals surface area contributed by atoms with Gasteiger partial charge in [-0.05, 0) is 13.8 Å². The van der Waals surface area contributed by atoms with Crippen molar-refractivity contribution in [1.29, 1.82) is 0 Å². The minimum atomic E-state index is -1.08. The summed E-state index contributed by atoms with van der Waals surface area (Å²) in [5.74, 6) is -4.67. The van der Waals surface area contributed by atoms with Crippen molar-refractivity contribution in [2.45, 2.75) is 34.6 Å². The molecular weight excluding hydrogens is 398 g/mol. The molecule has 16 N–H and O–H groups in total. The minimum absolute atomic E-state index is 0. The van der Waals surface area contributed by atoms with E-state index in [2.05, 4.69) is 5.32 Å². The number of carbonyl (C=O) groups is 5. The Morgan fingerprint density at radius 3 is 0.828 bits per heavy atom. The molecule has 0 rings (SSSR count). The number of carbonyl (C=O) groups excluding carboxylic acids is 2. The SMILES string of the molecule is CC(=O)O.CC(=O)O.CC(=O)O.CC(=O)[O-].CC(=O)[O-].NCCNCCN.[NH4+].[NH4+]. The fourth-order valence-corrected chi connectivity index (χ4v) is 0.329. The topological polar surface area (TPSA) is 329 Å². The van der Waals surface area contributed by atoms with Crippen LogP contribution in [0.3, 0.4) is 0 Å². The van der Waals surface area contributed by atoms with Crippen molar-refractivity contribution < 1.29 is 49.5 Å². The van der Waals surface area contributed by atoms with E-state index in [0.717, 1.165) is 47.7 Å². The first-order chi connectivity index (χ1) is 12.1. The molecule has 0 radical (unpaired) electrons. The first-order valence-electron chi connectivity index (χ1n) is 7.12. The van der Waals surface area contributed by atoms with E-state index in [0.29, 0.717) is 13.1 Å². The van der Waals surface area contributed by atoms with Gasteiger partial charge in [0.2, 0.25) is 0 Å². The van der Waals surface area contributed by atoms with Crippen LogP contribution < -0.4 is 39.3 Å². The lowest BCUT2D eigenvalue weighted by Gasteiger charge is -1.95. The summed E-state index contributed by atoms with van der Waals surface area (Å²) in [6.45, 7) is 8.33. The number of hydrogen-bond acceptors (Lipinski definition) is 10. The summed E-state index contributed by atoms with van der Waals surface area (Å²) in [5, 5.41) is 43.1. The molecule has 0 bridgehead atoms. The van der Waals surface area contributed by atoms with Gasteiger partial charge in [0.25, 0.3) is 17.9 Å². The van der Waals surface area contributed by atoms with E-state index in [-0.39, 0.29) is 12.3 Å². The molecule has 0 aliphatic rings. The summed E-state index contributed by atoms with van der Waals surface area (Å²) < 4.78 is 0. The molecule has 0 amide bonds. The number of hydrogen-bond donors (Lipinski definition) is 8. The molecule has 0 saturated carbocycles. The fraction of sp³-hybridized carbons (Fsp3) is 0.643. The highest BCUT2D eigenvalue weighted by atomic mass is 16.4. The second-order valence-electron chi connectivity index (χ2n) is 3.87. The van der Waals surface area contributed by atoms with Gasteiger partial charge in [-0.3, -0.25) is 14.4 Å². The summed E-state index contributed by atoms with van der Waals surface area (Å²) in [7, 11) is 0. The van der Waals surface area contributed by atoms with Gasteiger partial charge in [-0.2, -0.15) is 0 Å². The van der Waals surface area contributed by atoms with E-state index in [1.54, 1.807) is 0 Å². The summed E-state index contributed by atoms with van der Waals surface area (Å²) in [5.41, 5.74) is 10.3. The van der Waals surface area contributed by atoms with Crippen LogP contribution >= 0.6 is 0 Å². The Bertz CT molecular complexity index is 288. The highest BCUT2D eigenvalue weighted by Crippen LogP contribution is 1.49. The van der Waals surface area contributed by atoms with Crippen LogP contribution in [-0.4, -0.2) is 71.3 Å². The Morgan fingerprint density at radius 2 is 0.759 bits per heavy atom. The Kier molecular flexibility index (Phi) is 86.3. The Hall–Kier alpha value is -2.85. The molecule has 0 aromatic rings. The van der Waals surface area contributed by atoms with Gasteiger partial charge in [-0.15, -0.1) is 0 Å². The lowest BCUT2D eigenvalue weighted by Crippen LogP contribution is -2.27. The van der Waals surface area contributed by atoms with Gasteiger partial charge < -0.3 is 64.2 Å². The molecule has 0 fully saturated rings. The van der Waals surface area contributed by atoms with Crippen LogP contribution in [0.2, 0.25) is 0 Å². The first-order valence-corrected chi connectivity index (χ1v) is 7.12. The van der Waals surface area contributed by atoms with Crippen molar-refractivity contribution in [2.24, 2.45) is 11.5 Å². The molecule has 0 spiro atoms. The second-order valence-corrected chi connectivity index (χ2v) is 3.87. The molecule has 0 heterocycles. The summed E-state index contributed by atoms with van der Waals surface area (Å²) >= 11 is 0. The van der Waals surface area contributed by atoms with Crippen LogP contribution in [0.25, 0.3) is 0 Å². The van der Waals surface area contributed by atoms with Gasteiger partial charge in [-0.25, -0.2) is 0 Å². The molecule has 0 atom stereocenters. The molecule has 0 aromatic heterocycles. The number of nitrogens with one attached hydrogen (secondary N) is 1. The normalized spacial score (nSPS) is 6.59. The Balaban J connectivity index is -0.0000000305. The van der Waals surface area contributed by atoms with Crippen molar-refractivity contribution in [3.63, 3.8) is 0 Å². The van der Waals surface area contributed by atoms with Gasteiger partial charge in [0.05, 0.1) is 0 Å². The van der Waals surface area contributed by atoms with Gasteiger partial charge in [-0.1, -0.05) is 0 Å². The zero-order valence-electron chi connectivity index (χ0n) is 18.2. The predicted octanol–water partition coefficient (Wildman–Crippen LogP) is -2.97. The summed E-state index contributed by atoms with van der Waals surface area (Å²) in [4.78, 5) is 44.8. The standard InChI is InChI=1S/C4H13N3.5C2H4O2.2H3N/c5-1-3-7-4-2-6;5*1-2(3)4;;/h7H,1-6H2;5*1H3,(H,3,4);2*1H3. The average Bonchev–Trinajstić information content (AvgIpc) is 2.35. The number of quaternary nitrogens is 2. The van der Waals surface area contributed by atoms with Crippen molar-refractivity contribution in [3.05, 3.63) is 0 Å². The molecule has 0 aliphatic carbocycles. The lowest BCUT2D eigenvalue weighted by atomic mass is 10.6. The fourth-order valence-electron chi connectivity index (χ4n) is 0.329. The monoisotopic (exact) mass is 437 g/mol. The average molecular weight is 437 g/mol. The molecule has 180 valence electrons. The van der Waals surface area contributed by atoms with Gasteiger partial charge in [0, 0.05) is 58.9 Å².